The minimum absolute atomic E-state index is 0.0209. The second kappa shape index (κ2) is 5.13. The summed E-state index contributed by atoms with van der Waals surface area (Å²) in [5.41, 5.74) is 6.74. The summed E-state index contributed by atoms with van der Waals surface area (Å²) in [6.45, 7) is 1.81. The van der Waals surface area contributed by atoms with Crippen LogP contribution in [0.3, 0.4) is 0 Å². The van der Waals surface area contributed by atoms with Crippen LogP contribution in [0.15, 0.2) is 47.4 Å². The van der Waals surface area contributed by atoms with Crippen molar-refractivity contribution in [3.8, 4) is 0 Å². The molecule has 0 atom stereocenters. The first-order chi connectivity index (χ1) is 9.34. The molecule has 6 heteroatoms. The summed E-state index contributed by atoms with van der Waals surface area (Å²) in [5.74, 6) is -0.607. The van der Waals surface area contributed by atoms with Gasteiger partial charge < -0.3 is 5.73 Å². The van der Waals surface area contributed by atoms with Crippen molar-refractivity contribution in [2.24, 2.45) is 0 Å². The molecule has 0 aliphatic carbocycles. The van der Waals surface area contributed by atoms with Gasteiger partial charge in [-0.05, 0) is 36.8 Å². The van der Waals surface area contributed by atoms with E-state index in [1.807, 2.05) is 6.92 Å². The summed E-state index contributed by atoms with van der Waals surface area (Å²) in [6.07, 6.45) is 0. The number of aryl methyl sites for hydroxylation is 1. The summed E-state index contributed by atoms with van der Waals surface area (Å²) >= 11 is 0. The smallest absolute Gasteiger partial charge is 0.266 e. The van der Waals surface area contributed by atoms with Crippen molar-refractivity contribution < 1.29 is 12.8 Å². The number of anilines is 2. The number of hydrogen-bond acceptors (Lipinski definition) is 3. The molecule has 0 aliphatic heterocycles. The van der Waals surface area contributed by atoms with Crippen LogP contribution in [0.1, 0.15) is 5.56 Å². The molecule has 2 aromatic carbocycles. The molecule has 2 rings (SSSR count). The van der Waals surface area contributed by atoms with Crippen LogP contribution in [-0.2, 0) is 10.0 Å². The van der Waals surface area contributed by atoms with Crippen molar-refractivity contribution >= 4 is 21.4 Å². The number of sulfonamides is 1. The Hall–Kier alpha value is -2.08. The van der Waals surface area contributed by atoms with Gasteiger partial charge in [0.1, 0.15) is 10.7 Å². The fraction of sp³-hybridized carbons (Fsp3) is 0.143. The first-order valence-corrected chi connectivity index (χ1v) is 7.37. The van der Waals surface area contributed by atoms with Gasteiger partial charge in [-0.2, -0.15) is 0 Å². The van der Waals surface area contributed by atoms with Crippen molar-refractivity contribution in [2.45, 2.75) is 11.8 Å². The van der Waals surface area contributed by atoms with E-state index in [9.17, 15) is 12.8 Å². The quantitative estimate of drug-likeness (QED) is 0.885. The number of nitrogen functional groups attached to an aromatic ring is 1. The molecule has 0 radical (unpaired) electrons. The lowest BCUT2D eigenvalue weighted by molar-refractivity contribution is 0.590. The molecule has 2 N–H and O–H groups in total. The highest BCUT2D eigenvalue weighted by molar-refractivity contribution is 7.93. The average molecular weight is 294 g/mol. The second-order valence-electron chi connectivity index (χ2n) is 4.47. The van der Waals surface area contributed by atoms with Gasteiger partial charge in [0.25, 0.3) is 10.0 Å². The molecular formula is C14H15FN2O2S. The standard InChI is InChI=1S/C14H15FN2O2S/c1-10-7-8-14(12(16)9-10)20(18,19)17(2)13-6-4-3-5-11(13)15/h3-9H,16H2,1-2H3. The topological polar surface area (TPSA) is 63.4 Å². The van der Waals surface area contributed by atoms with E-state index >= 15 is 0 Å². The fourth-order valence-corrected chi connectivity index (χ4v) is 3.19. The second-order valence-corrected chi connectivity index (χ2v) is 6.40. The lowest BCUT2D eigenvalue weighted by atomic mass is 10.2. The van der Waals surface area contributed by atoms with E-state index in [1.54, 1.807) is 18.2 Å². The normalized spacial score (nSPS) is 11.3. The summed E-state index contributed by atoms with van der Waals surface area (Å²) < 4.78 is 39.6. The molecule has 106 valence electrons. The third kappa shape index (κ3) is 2.46. The molecule has 2 aromatic rings. The van der Waals surface area contributed by atoms with E-state index in [2.05, 4.69) is 0 Å². The van der Waals surface area contributed by atoms with Crippen molar-refractivity contribution in [1.82, 2.24) is 0 Å². The number of rotatable bonds is 3. The molecule has 4 nitrogen and oxygen atoms in total. The number of nitrogens with zero attached hydrogens (tertiary/aromatic N) is 1. The van der Waals surface area contributed by atoms with Crippen molar-refractivity contribution in [1.29, 1.82) is 0 Å². The van der Waals surface area contributed by atoms with E-state index in [1.165, 1.54) is 31.3 Å². The van der Waals surface area contributed by atoms with Gasteiger partial charge in [-0.1, -0.05) is 18.2 Å². The summed E-state index contributed by atoms with van der Waals surface area (Å²) in [4.78, 5) is -0.0335. The van der Waals surface area contributed by atoms with Crippen LogP contribution >= 0.6 is 0 Å². The van der Waals surface area contributed by atoms with E-state index < -0.39 is 15.8 Å². The van der Waals surface area contributed by atoms with Crippen LogP contribution in [0.4, 0.5) is 15.8 Å². The number of halogens is 1. The van der Waals surface area contributed by atoms with Gasteiger partial charge in [-0.15, -0.1) is 0 Å². The summed E-state index contributed by atoms with van der Waals surface area (Å²) in [7, 11) is -2.59. The third-order valence-electron chi connectivity index (χ3n) is 3.00. The van der Waals surface area contributed by atoms with E-state index in [-0.39, 0.29) is 16.3 Å². The first-order valence-electron chi connectivity index (χ1n) is 5.93. The maximum atomic E-state index is 13.7. The number of para-hydroxylation sites is 1. The SMILES string of the molecule is Cc1ccc(S(=O)(=O)N(C)c2ccccc2F)c(N)c1. The van der Waals surface area contributed by atoms with Gasteiger partial charge in [0.15, 0.2) is 0 Å². The molecule has 0 saturated heterocycles. The minimum Gasteiger partial charge on any atom is -0.398 e. The molecule has 20 heavy (non-hydrogen) atoms. The van der Waals surface area contributed by atoms with Crippen LogP contribution in [0.5, 0.6) is 0 Å². The molecule has 0 amide bonds. The molecule has 0 unspecified atom stereocenters. The molecule has 0 bridgehead atoms. The van der Waals surface area contributed by atoms with Gasteiger partial charge in [0, 0.05) is 7.05 Å². The maximum absolute atomic E-state index is 13.7. The van der Waals surface area contributed by atoms with E-state index in [0.717, 1.165) is 9.87 Å². The monoisotopic (exact) mass is 294 g/mol. The molecule has 0 fully saturated rings. The molecule has 0 aromatic heterocycles. The fourth-order valence-electron chi connectivity index (χ4n) is 1.89. The average Bonchev–Trinajstić information content (AvgIpc) is 2.38. The summed E-state index contributed by atoms with van der Waals surface area (Å²) in [5, 5.41) is 0. The molecule has 0 saturated carbocycles. The Labute approximate surface area is 117 Å². The number of benzene rings is 2. The van der Waals surface area contributed by atoms with Crippen molar-refractivity contribution in [2.75, 3.05) is 17.1 Å². The van der Waals surface area contributed by atoms with Crippen molar-refractivity contribution in [3.63, 3.8) is 0 Å². The van der Waals surface area contributed by atoms with Crippen LogP contribution in [0, 0.1) is 12.7 Å². The zero-order valence-corrected chi connectivity index (χ0v) is 12.0. The maximum Gasteiger partial charge on any atom is 0.266 e. The van der Waals surface area contributed by atoms with Crippen molar-refractivity contribution in [3.05, 3.63) is 53.8 Å². The van der Waals surface area contributed by atoms with Gasteiger partial charge in [-0.3, -0.25) is 4.31 Å². The third-order valence-corrected chi connectivity index (χ3v) is 4.84. The zero-order valence-electron chi connectivity index (χ0n) is 11.2. The predicted octanol–water partition coefficient (Wildman–Crippen LogP) is 2.54. The van der Waals surface area contributed by atoms with Crippen LogP contribution in [0.25, 0.3) is 0 Å². The Morgan fingerprint density at radius 1 is 1.15 bits per heavy atom. The van der Waals surface area contributed by atoms with Crippen LogP contribution in [-0.4, -0.2) is 15.5 Å². The molecule has 0 heterocycles. The highest BCUT2D eigenvalue weighted by Crippen LogP contribution is 2.27. The zero-order chi connectivity index (χ0) is 14.9. The largest absolute Gasteiger partial charge is 0.398 e. The van der Waals surface area contributed by atoms with E-state index in [4.69, 9.17) is 5.73 Å². The lowest BCUT2D eigenvalue weighted by Gasteiger charge is -2.21. The van der Waals surface area contributed by atoms with Gasteiger partial charge in [-0.25, -0.2) is 12.8 Å². The summed E-state index contributed by atoms with van der Waals surface area (Å²) in [6, 6.07) is 10.3. The molecule has 0 spiro atoms. The van der Waals surface area contributed by atoms with Gasteiger partial charge in [0.05, 0.1) is 11.4 Å². The van der Waals surface area contributed by atoms with Crippen LogP contribution in [0.2, 0.25) is 0 Å². The molecule has 0 aliphatic rings. The Balaban J connectivity index is 2.53. The van der Waals surface area contributed by atoms with Crippen LogP contribution < -0.4 is 10.0 Å². The Morgan fingerprint density at radius 2 is 1.80 bits per heavy atom. The van der Waals surface area contributed by atoms with E-state index in [0.29, 0.717) is 0 Å². The Bertz CT molecular complexity index is 745. The predicted molar refractivity (Wildman–Crippen MR) is 77.6 cm³/mol. The highest BCUT2D eigenvalue weighted by Gasteiger charge is 2.25. The number of hydrogen-bond donors (Lipinski definition) is 1. The number of nitrogens with two attached hydrogens (primary N) is 1. The van der Waals surface area contributed by atoms with Gasteiger partial charge in [0.2, 0.25) is 0 Å². The lowest BCUT2D eigenvalue weighted by Crippen LogP contribution is -2.28. The highest BCUT2D eigenvalue weighted by atomic mass is 32.2. The first kappa shape index (κ1) is 14.3. The Kier molecular flexibility index (Phi) is 3.67. The molecular weight excluding hydrogens is 279 g/mol. The Morgan fingerprint density at radius 3 is 2.40 bits per heavy atom. The minimum atomic E-state index is -3.89. The van der Waals surface area contributed by atoms with Gasteiger partial charge >= 0.3 is 0 Å².